The van der Waals surface area contributed by atoms with E-state index in [1.54, 1.807) is 25.1 Å². The molecule has 0 aliphatic carbocycles. The van der Waals surface area contributed by atoms with Crippen LogP contribution in [-0.4, -0.2) is 44.2 Å². The molecule has 0 saturated carbocycles. The number of nitrogens with zero attached hydrogens (tertiary/aromatic N) is 1. The maximum absolute atomic E-state index is 13.5. The van der Waals surface area contributed by atoms with Crippen LogP contribution in [0.4, 0.5) is 14.5 Å². The average Bonchev–Trinajstić information content (AvgIpc) is 2.80. The van der Waals surface area contributed by atoms with E-state index in [0.717, 1.165) is 17.7 Å². The third-order valence-electron chi connectivity index (χ3n) is 5.77. The first-order valence-electron chi connectivity index (χ1n) is 11.1. The highest BCUT2D eigenvalue weighted by Gasteiger charge is 2.32. The van der Waals surface area contributed by atoms with Gasteiger partial charge in [0.2, 0.25) is 15.9 Å². The SMILES string of the molecule is Cc1cc(C(=O)NCC(C)C)ccc1NC(=O)C1CCN(S(=O)(=O)c2ccc(F)c(F)c2)CC1. The molecular weight excluding hydrogens is 464 g/mol. The molecule has 184 valence electrons. The lowest BCUT2D eigenvalue weighted by Gasteiger charge is -2.30. The maximum atomic E-state index is 13.5. The standard InChI is InChI=1S/C24H29F2N3O4S/c1-15(2)14-27-23(30)18-4-7-22(16(3)12-18)28-24(31)17-8-10-29(11-9-17)34(32,33)19-5-6-20(25)21(26)13-19/h4-7,12-13,15,17H,8-11,14H2,1-3H3,(H,27,30)(H,28,31). The summed E-state index contributed by atoms with van der Waals surface area (Å²) in [6, 6.07) is 7.52. The summed E-state index contributed by atoms with van der Waals surface area (Å²) in [4.78, 5) is 24.7. The van der Waals surface area contributed by atoms with Gasteiger partial charge in [-0.2, -0.15) is 4.31 Å². The van der Waals surface area contributed by atoms with Gasteiger partial charge >= 0.3 is 0 Å². The zero-order valence-corrected chi connectivity index (χ0v) is 20.2. The molecule has 7 nitrogen and oxygen atoms in total. The molecule has 2 aromatic rings. The van der Waals surface area contributed by atoms with Crippen molar-refractivity contribution in [2.24, 2.45) is 11.8 Å². The van der Waals surface area contributed by atoms with Crippen molar-refractivity contribution in [1.29, 1.82) is 0 Å². The molecule has 1 aliphatic heterocycles. The van der Waals surface area contributed by atoms with Gasteiger partial charge in [0.05, 0.1) is 4.90 Å². The highest BCUT2D eigenvalue weighted by Crippen LogP contribution is 2.26. The van der Waals surface area contributed by atoms with Crippen molar-refractivity contribution in [2.45, 2.75) is 38.5 Å². The first-order valence-corrected chi connectivity index (χ1v) is 12.6. The number of nitrogens with one attached hydrogen (secondary N) is 2. The van der Waals surface area contributed by atoms with Crippen LogP contribution in [0.1, 0.15) is 42.6 Å². The van der Waals surface area contributed by atoms with Crippen LogP contribution in [-0.2, 0) is 14.8 Å². The molecule has 2 aromatic carbocycles. The molecule has 1 heterocycles. The van der Waals surface area contributed by atoms with Gasteiger partial charge in [-0.3, -0.25) is 9.59 Å². The van der Waals surface area contributed by atoms with Crippen molar-refractivity contribution < 1.29 is 26.8 Å². The fraction of sp³-hybridized carbons (Fsp3) is 0.417. The Balaban J connectivity index is 1.59. The van der Waals surface area contributed by atoms with Crippen LogP contribution >= 0.6 is 0 Å². The van der Waals surface area contributed by atoms with Crippen LogP contribution in [0.3, 0.4) is 0 Å². The van der Waals surface area contributed by atoms with Gasteiger partial charge in [-0.15, -0.1) is 0 Å². The number of carbonyl (C=O) groups is 2. The first-order chi connectivity index (χ1) is 16.0. The minimum atomic E-state index is -3.98. The number of hydrogen-bond acceptors (Lipinski definition) is 4. The van der Waals surface area contributed by atoms with E-state index in [-0.39, 0.29) is 29.8 Å². The lowest BCUT2D eigenvalue weighted by Crippen LogP contribution is -2.41. The molecule has 0 atom stereocenters. The lowest BCUT2D eigenvalue weighted by molar-refractivity contribution is -0.120. The Kier molecular flexibility index (Phi) is 8.04. The molecule has 1 fully saturated rings. The molecule has 2 amide bonds. The van der Waals surface area contributed by atoms with Crippen molar-refractivity contribution in [3.63, 3.8) is 0 Å². The van der Waals surface area contributed by atoms with Crippen LogP contribution in [0.25, 0.3) is 0 Å². The van der Waals surface area contributed by atoms with Crippen molar-refractivity contribution in [2.75, 3.05) is 25.0 Å². The first kappa shape index (κ1) is 25.8. The number of aryl methyl sites for hydroxylation is 1. The summed E-state index contributed by atoms with van der Waals surface area (Å²) in [6.45, 7) is 6.56. The molecule has 3 rings (SSSR count). The normalized spacial score (nSPS) is 15.4. The van der Waals surface area contributed by atoms with Gasteiger partial charge in [0, 0.05) is 36.8 Å². The van der Waals surface area contributed by atoms with Gasteiger partial charge in [0.15, 0.2) is 11.6 Å². The molecular formula is C24H29F2N3O4S. The van der Waals surface area contributed by atoms with E-state index in [0.29, 0.717) is 42.6 Å². The molecule has 0 radical (unpaired) electrons. The second kappa shape index (κ2) is 10.6. The van der Waals surface area contributed by atoms with Gasteiger partial charge in [0.1, 0.15) is 0 Å². The average molecular weight is 494 g/mol. The highest BCUT2D eigenvalue weighted by molar-refractivity contribution is 7.89. The summed E-state index contributed by atoms with van der Waals surface area (Å²) in [7, 11) is -3.98. The van der Waals surface area contributed by atoms with Gasteiger partial charge in [-0.1, -0.05) is 13.8 Å². The quantitative estimate of drug-likeness (QED) is 0.615. The van der Waals surface area contributed by atoms with E-state index < -0.39 is 27.6 Å². The molecule has 1 saturated heterocycles. The Bertz CT molecular complexity index is 1180. The summed E-state index contributed by atoms with van der Waals surface area (Å²) < 4.78 is 53.3. The van der Waals surface area contributed by atoms with Crippen LogP contribution in [0.2, 0.25) is 0 Å². The van der Waals surface area contributed by atoms with Crippen LogP contribution in [0.15, 0.2) is 41.3 Å². The Morgan fingerprint density at radius 2 is 1.74 bits per heavy atom. The van der Waals surface area contributed by atoms with Gasteiger partial charge in [0.25, 0.3) is 5.91 Å². The molecule has 34 heavy (non-hydrogen) atoms. The topological polar surface area (TPSA) is 95.6 Å². The minimum Gasteiger partial charge on any atom is -0.352 e. The summed E-state index contributed by atoms with van der Waals surface area (Å²) in [5.41, 5.74) is 1.83. The third-order valence-corrected chi connectivity index (χ3v) is 7.67. The summed E-state index contributed by atoms with van der Waals surface area (Å²) >= 11 is 0. The smallest absolute Gasteiger partial charge is 0.251 e. The number of rotatable bonds is 7. The number of halogens is 2. The number of sulfonamides is 1. The zero-order chi connectivity index (χ0) is 25.0. The van der Waals surface area contributed by atoms with E-state index >= 15 is 0 Å². The highest BCUT2D eigenvalue weighted by atomic mass is 32.2. The van der Waals surface area contributed by atoms with Gasteiger partial charge in [-0.05, 0) is 67.6 Å². The van der Waals surface area contributed by atoms with Crippen molar-refractivity contribution in [1.82, 2.24) is 9.62 Å². The molecule has 1 aliphatic rings. The number of hydrogen-bond donors (Lipinski definition) is 2. The summed E-state index contributed by atoms with van der Waals surface area (Å²) in [5.74, 6) is -2.82. The summed E-state index contributed by atoms with van der Waals surface area (Å²) in [6.07, 6.45) is 0.590. The lowest BCUT2D eigenvalue weighted by atomic mass is 9.97. The van der Waals surface area contributed by atoms with E-state index in [1.807, 2.05) is 13.8 Å². The maximum Gasteiger partial charge on any atom is 0.251 e. The molecule has 2 N–H and O–H groups in total. The predicted octanol–water partition coefficient (Wildman–Crippen LogP) is 3.70. The zero-order valence-electron chi connectivity index (χ0n) is 19.4. The fourth-order valence-electron chi connectivity index (χ4n) is 3.72. The monoisotopic (exact) mass is 493 g/mol. The number of piperidine rings is 1. The van der Waals surface area contributed by atoms with Crippen LogP contribution in [0, 0.1) is 30.4 Å². The fourth-order valence-corrected chi connectivity index (χ4v) is 5.21. The molecule has 0 spiro atoms. The van der Waals surface area contributed by atoms with E-state index in [4.69, 9.17) is 0 Å². The van der Waals surface area contributed by atoms with Gasteiger partial charge < -0.3 is 10.6 Å². The second-order valence-electron chi connectivity index (χ2n) is 8.88. The number of carbonyl (C=O) groups excluding carboxylic acids is 2. The number of amides is 2. The third kappa shape index (κ3) is 5.98. The van der Waals surface area contributed by atoms with Crippen LogP contribution < -0.4 is 10.6 Å². The van der Waals surface area contributed by atoms with Crippen molar-refractivity contribution in [3.05, 3.63) is 59.2 Å². The Labute approximate surface area is 198 Å². The second-order valence-corrected chi connectivity index (χ2v) is 10.8. The number of anilines is 1. The Morgan fingerprint density at radius 1 is 1.06 bits per heavy atom. The Hall–Kier alpha value is -2.85. The molecule has 10 heteroatoms. The molecule has 0 aromatic heterocycles. The van der Waals surface area contributed by atoms with E-state index in [2.05, 4.69) is 10.6 Å². The van der Waals surface area contributed by atoms with Crippen molar-refractivity contribution in [3.8, 4) is 0 Å². The molecule has 0 bridgehead atoms. The largest absolute Gasteiger partial charge is 0.352 e. The predicted molar refractivity (Wildman–Crippen MR) is 125 cm³/mol. The van der Waals surface area contributed by atoms with E-state index in [1.165, 1.54) is 4.31 Å². The Morgan fingerprint density at radius 3 is 2.32 bits per heavy atom. The van der Waals surface area contributed by atoms with Crippen molar-refractivity contribution >= 4 is 27.5 Å². The van der Waals surface area contributed by atoms with Crippen LogP contribution in [0.5, 0.6) is 0 Å². The summed E-state index contributed by atoms with van der Waals surface area (Å²) in [5, 5.41) is 5.72. The molecule has 0 unspecified atom stereocenters. The van der Waals surface area contributed by atoms with E-state index in [9.17, 15) is 26.8 Å². The number of benzene rings is 2. The minimum absolute atomic E-state index is 0.0906. The van der Waals surface area contributed by atoms with Gasteiger partial charge in [-0.25, -0.2) is 17.2 Å².